The summed E-state index contributed by atoms with van der Waals surface area (Å²) >= 11 is 11.2. The first-order valence-electron chi connectivity index (χ1n) is 7.46. The quantitative estimate of drug-likeness (QED) is 0.228. The van der Waals surface area contributed by atoms with Gasteiger partial charge in [0.05, 0.1) is 22.1 Å². The van der Waals surface area contributed by atoms with Crippen molar-refractivity contribution >= 4 is 68.5 Å². The summed E-state index contributed by atoms with van der Waals surface area (Å²) in [7, 11) is 0. The maximum Gasteiger partial charge on any atom is 0.270 e. The summed E-state index contributed by atoms with van der Waals surface area (Å²) in [5.74, 6) is -0.109. The Morgan fingerprint density at radius 1 is 1.33 bits per heavy atom. The molecular weight excluding hydrogens is 472 g/mol. The predicted molar refractivity (Wildman–Crippen MR) is 112 cm³/mol. The minimum Gasteiger partial charge on any atom is -0.324 e. The summed E-state index contributed by atoms with van der Waals surface area (Å²) in [6.07, 6.45) is 0. The molecule has 2 aromatic carbocycles. The topological polar surface area (TPSA) is 90.1 Å². The average Bonchev–Trinajstić information content (AvgIpc) is 3.03. The van der Waals surface area contributed by atoms with Gasteiger partial charge < -0.3 is 5.32 Å². The molecule has 138 valence electrons. The Hall–Kier alpha value is -2.08. The number of nitrogens with zero attached hydrogens (tertiary/aromatic N) is 3. The normalized spacial score (nSPS) is 10.6. The van der Waals surface area contributed by atoms with Gasteiger partial charge in [-0.05, 0) is 46.3 Å². The van der Waals surface area contributed by atoms with E-state index in [1.54, 1.807) is 4.68 Å². The third-order valence-corrected chi connectivity index (χ3v) is 6.32. The summed E-state index contributed by atoms with van der Waals surface area (Å²) in [5, 5.41) is 17.9. The molecule has 27 heavy (non-hydrogen) atoms. The lowest BCUT2D eigenvalue weighted by Crippen LogP contribution is -2.14. The van der Waals surface area contributed by atoms with Crippen LogP contribution < -0.4 is 5.32 Å². The molecule has 1 N–H and O–H groups in total. The van der Waals surface area contributed by atoms with Crippen LogP contribution in [0.5, 0.6) is 0 Å². The number of halogens is 1. The maximum absolute atomic E-state index is 12.2. The number of thioether (sulfide) groups is 1. The number of hydrogen-bond acceptors (Lipinski definition) is 7. The Balaban J connectivity index is 1.63. The first-order chi connectivity index (χ1) is 12.9. The van der Waals surface area contributed by atoms with Gasteiger partial charge in [0.15, 0.2) is 8.29 Å². The lowest BCUT2D eigenvalue weighted by atomic mass is 10.3. The number of aromatic nitrogens is 2. The zero-order valence-corrected chi connectivity index (χ0v) is 17.5. The molecule has 0 saturated carbocycles. The van der Waals surface area contributed by atoms with Gasteiger partial charge in [-0.1, -0.05) is 41.3 Å². The van der Waals surface area contributed by atoms with E-state index in [-0.39, 0.29) is 17.3 Å². The molecule has 0 aliphatic carbocycles. The number of carbonyl (C=O) groups is 1. The van der Waals surface area contributed by atoms with Gasteiger partial charge in [-0.3, -0.25) is 14.9 Å². The van der Waals surface area contributed by atoms with E-state index in [9.17, 15) is 14.9 Å². The van der Waals surface area contributed by atoms with Crippen LogP contribution in [0.15, 0.2) is 57.3 Å². The third kappa shape index (κ3) is 5.01. The molecule has 0 saturated heterocycles. The number of nitro benzene ring substituents is 1. The van der Waals surface area contributed by atoms with E-state index in [0.717, 1.165) is 5.69 Å². The molecule has 0 radical (unpaired) electrons. The minimum absolute atomic E-state index is 0.0551. The van der Waals surface area contributed by atoms with Crippen molar-refractivity contribution in [3.8, 4) is 5.69 Å². The van der Waals surface area contributed by atoms with Crippen LogP contribution in [-0.4, -0.2) is 26.4 Å². The number of nitro groups is 1. The molecule has 1 heterocycles. The molecule has 0 atom stereocenters. The van der Waals surface area contributed by atoms with E-state index in [1.165, 1.54) is 41.3 Å². The largest absolute Gasteiger partial charge is 0.324 e. The van der Waals surface area contributed by atoms with E-state index in [2.05, 4.69) is 26.3 Å². The van der Waals surface area contributed by atoms with Crippen molar-refractivity contribution in [2.45, 2.75) is 4.34 Å². The molecule has 3 rings (SSSR count). The smallest absolute Gasteiger partial charge is 0.270 e. The molecule has 0 unspecified atom stereocenters. The van der Waals surface area contributed by atoms with Crippen LogP contribution in [0.2, 0.25) is 0 Å². The van der Waals surface area contributed by atoms with Crippen LogP contribution in [0.4, 0.5) is 11.4 Å². The van der Waals surface area contributed by atoms with Gasteiger partial charge in [0, 0.05) is 16.6 Å². The molecule has 0 aliphatic rings. The van der Waals surface area contributed by atoms with E-state index in [1.807, 2.05) is 30.3 Å². The lowest BCUT2D eigenvalue weighted by Gasteiger charge is -2.06. The third-order valence-electron chi connectivity index (χ3n) is 3.29. The van der Waals surface area contributed by atoms with Crippen molar-refractivity contribution in [2.24, 2.45) is 0 Å². The van der Waals surface area contributed by atoms with E-state index in [4.69, 9.17) is 12.2 Å². The molecule has 0 bridgehead atoms. The van der Waals surface area contributed by atoms with Crippen molar-refractivity contribution in [3.63, 3.8) is 0 Å². The molecule has 1 aromatic heterocycles. The molecule has 0 fully saturated rings. The first kappa shape index (κ1) is 19.7. The van der Waals surface area contributed by atoms with Gasteiger partial charge >= 0.3 is 0 Å². The molecule has 0 aliphatic heterocycles. The SMILES string of the molecule is O=C(CSc1nn(-c2ccccc2)c(=S)s1)Nc1ccc([N+](=O)[O-])cc1Br. The van der Waals surface area contributed by atoms with Gasteiger partial charge in [0.25, 0.3) is 5.69 Å². The van der Waals surface area contributed by atoms with Crippen molar-refractivity contribution in [2.75, 3.05) is 11.1 Å². The standard InChI is InChI=1S/C16H11BrN4O3S3/c17-12-8-11(21(23)24)6-7-13(12)18-14(22)9-26-15-19-20(16(25)27-15)10-4-2-1-3-5-10/h1-8H,9H2,(H,18,22). The Kier molecular flexibility index (Phi) is 6.37. The number of amides is 1. The second kappa shape index (κ2) is 8.74. The molecule has 3 aromatic rings. The van der Waals surface area contributed by atoms with Crippen molar-refractivity contribution < 1.29 is 9.72 Å². The van der Waals surface area contributed by atoms with Crippen molar-refractivity contribution in [3.05, 3.63) is 67.1 Å². The minimum atomic E-state index is -0.497. The fourth-order valence-corrected chi connectivity index (χ4v) is 4.71. The molecule has 7 nitrogen and oxygen atoms in total. The average molecular weight is 483 g/mol. The summed E-state index contributed by atoms with van der Waals surface area (Å²) in [5.41, 5.74) is 1.28. The summed E-state index contributed by atoms with van der Waals surface area (Å²) in [4.78, 5) is 22.4. The molecular formula is C16H11BrN4O3S3. The van der Waals surface area contributed by atoms with Gasteiger partial charge in [0.1, 0.15) is 0 Å². The first-order valence-corrected chi connectivity index (χ1v) is 10.5. The van der Waals surface area contributed by atoms with E-state index in [0.29, 0.717) is 18.5 Å². The highest BCUT2D eigenvalue weighted by Crippen LogP contribution is 2.28. The van der Waals surface area contributed by atoms with Gasteiger partial charge in [-0.15, -0.1) is 5.10 Å². The number of nitrogens with one attached hydrogen (secondary N) is 1. The van der Waals surface area contributed by atoms with Crippen molar-refractivity contribution in [1.29, 1.82) is 0 Å². The number of benzene rings is 2. The number of non-ortho nitro benzene ring substituents is 1. The number of rotatable bonds is 6. The second-order valence-corrected chi connectivity index (χ2v) is 8.84. The number of anilines is 1. The summed E-state index contributed by atoms with van der Waals surface area (Å²) in [6.45, 7) is 0. The number of hydrogen-bond donors (Lipinski definition) is 1. The van der Waals surface area contributed by atoms with Crippen LogP contribution in [0.1, 0.15) is 0 Å². The van der Waals surface area contributed by atoms with E-state index < -0.39 is 4.92 Å². The Morgan fingerprint density at radius 2 is 2.07 bits per heavy atom. The van der Waals surface area contributed by atoms with Gasteiger partial charge in [0.2, 0.25) is 5.91 Å². The fraction of sp³-hybridized carbons (Fsp3) is 0.0625. The lowest BCUT2D eigenvalue weighted by molar-refractivity contribution is -0.384. The summed E-state index contributed by atoms with van der Waals surface area (Å²) < 4.78 is 3.38. The number of para-hydroxylation sites is 1. The fourth-order valence-electron chi connectivity index (χ4n) is 2.08. The predicted octanol–water partition coefficient (Wildman–Crippen LogP) is 5.06. The highest BCUT2D eigenvalue weighted by Gasteiger charge is 2.13. The number of carbonyl (C=O) groups excluding carboxylic acids is 1. The van der Waals surface area contributed by atoms with E-state index >= 15 is 0 Å². The van der Waals surface area contributed by atoms with Crippen LogP contribution in [0.25, 0.3) is 5.69 Å². The van der Waals surface area contributed by atoms with Crippen molar-refractivity contribution in [1.82, 2.24) is 9.78 Å². The van der Waals surface area contributed by atoms with Gasteiger partial charge in [-0.2, -0.15) is 0 Å². The highest BCUT2D eigenvalue weighted by molar-refractivity contribution is 9.10. The van der Waals surface area contributed by atoms with Crippen LogP contribution in [-0.2, 0) is 4.79 Å². The van der Waals surface area contributed by atoms with Gasteiger partial charge in [-0.25, -0.2) is 4.68 Å². The van der Waals surface area contributed by atoms with Crippen LogP contribution >= 0.6 is 51.2 Å². The Morgan fingerprint density at radius 3 is 2.74 bits per heavy atom. The Bertz CT molecular complexity index is 1050. The molecule has 11 heteroatoms. The molecule has 1 amide bonds. The monoisotopic (exact) mass is 482 g/mol. The summed E-state index contributed by atoms with van der Waals surface area (Å²) in [6, 6.07) is 13.7. The van der Waals surface area contributed by atoms with Crippen LogP contribution in [0.3, 0.4) is 0 Å². The highest BCUT2D eigenvalue weighted by atomic mass is 79.9. The maximum atomic E-state index is 12.2. The molecule has 0 spiro atoms. The zero-order valence-electron chi connectivity index (χ0n) is 13.5. The van der Waals surface area contributed by atoms with Crippen LogP contribution in [0, 0.1) is 14.1 Å². The Labute approximate surface area is 175 Å². The second-order valence-electron chi connectivity index (χ2n) is 5.14. The zero-order chi connectivity index (χ0) is 19.4.